The number of aryl methyl sites for hydroxylation is 1. The van der Waals surface area contributed by atoms with Gasteiger partial charge in [-0.1, -0.05) is 6.07 Å². The summed E-state index contributed by atoms with van der Waals surface area (Å²) in [4.78, 5) is 0. The molecule has 1 atom stereocenters. The first kappa shape index (κ1) is 10.0. The summed E-state index contributed by atoms with van der Waals surface area (Å²) in [6, 6.07) is 7.57. The zero-order chi connectivity index (χ0) is 11.8. The van der Waals surface area contributed by atoms with Gasteiger partial charge in [0.25, 0.3) is 0 Å². The molecule has 0 saturated carbocycles. The van der Waals surface area contributed by atoms with Gasteiger partial charge in [0.2, 0.25) is 0 Å². The molecule has 86 valence electrons. The molecule has 5 heteroatoms. The fourth-order valence-electron chi connectivity index (χ4n) is 1.98. The van der Waals surface area contributed by atoms with Crippen LogP contribution in [0.1, 0.15) is 17.4 Å². The summed E-state index contributed by atoms with van der Waals surface area (Å²) >= 11 is 0. The molecule has 3 aromatic rings. The van der Waals surface area contributed by atoms with Crippen LogP contribution in [-0.4, -0.2) is 24.5 Å². The van der Waals surface area contributed by atoms with Gasteiger partial charge in [0, 0.05) is 25.0 Å². The lowest BCUT2D eigenvalue weighted by Crippen LogP contribution is -2.06. The quantitative estimate of drug-likeness (QED) is 0.715. The van der Waals surface area contributed by atoms with Crippen molar-refractivity contribution in [3.05, 3.63) is 54.1 Å². The second-order valence-electron chi connectivity index (χ2n) is 3.91. The zero-order valence-corrected chi connectivity index (χ0v) is 9.35. The number of aliphatic hydroxyl groups excluding tert-OH is 1. The lowest BCUT2D eigenvalue weighted by Gasteiger charge is -2.09. The molecule has 1 unspecified atom stereocenters. The Morgan fingerprint density at radius 3 is 2.88 bits per heavy atom. The van der Waals surface area contributed by atoms with Crippen LogP contribution in [0.25, 0.3) is 5.52 Å². The van der Waals surface area contributed by atoms with E-state index in [0.29, 0.717) is 0 Å². The van der Waals surface area contributed by atoms with E-state index in [-0.39, 0.29) is 0 Å². The predicted molar refractivity (Wildman–Crippen MR) is 62.5 cm³/mol. The summed E-state index contributed by atoms with van der Waals surface area (Å²) in [6.45, 7) is 0. The number of pyridine rings is 1. The summed E-state index contributed by atoms with van der Waals surface area (Å²) in [5.41, 5.74) is 2.44. The summed E-state index contributed by atoms with van der Waals surface area (Å²) in [6.07, 6.45) is 4.51. The topological polar surface area (TPSA) is 55.3 Å². The standard InChI is InChI=1S/C12H12N4O/c1-15-11(5-6-13-15)12(17)9-8-14-16-7-3-2-4-10(9)16/h2-8,12,17H,1H3. The number of fused-ring (bicyclic) bond motifs is 1. The SMILES string of the molecule is Cn1nccc1C(O)c1cnn2ccccc12. The summed E-state index contributed by atoms with van der Waals surface area (Å²) in [5, 5.41) is 18.6. The lowest BCUT2D eigenvalue weighted by molar-refractivity contribution is 0.211. The van der Waals surface area contributed by atoms with Crippen molar-refractivity contribution in [2.75, 3.05) is 0 Å². The van der Waals surface area contributed by atoms with Crippen molar-refractivity contribution in [2.24, 2.45) is 7.05 Å². The molecule has 0 amide bonds. The Morgan fingerprint density at radius 1 is 1.24 bits per heavy atom. The highest BCUT2D eigenvalue weighted by molar-refractivity contribution is 5.55. The number of aliphatic hydroxyl groups is 1. The predicted octanol–water partition coefficient (Wildman–Crippen LogP) is 1.15. The van der Waals surface area contributed by atoms with Gasteiger partial charge >= 0.3 is 0 Å². The molecule has 5 nitrogen and oxygen atoms in total. The first-order valence-corrected chi connectivity index (χ1v) is 5.35. The normalized spacial score (nSPS) is 13.1. The fraction of sp³-hybridized carbons (Fsp3) is 0.167. The van der Waals surface area contributed by atoms with E-state index >= 15 is 0 Å². The van der Waals surface area contributed by atoms with E-state index in [9.17, 15) is 5.11 Å². The molecule has 3 rings (SSSR count). The van der Waals surface area contributed by atoms with Gasteiger partial charge in [-0.3, -0.25) is 4.68 Å². The maximum absolute atomic E-state index is 10.3. The van der Waals surface area contributed by atoms with E-state index < -0.39 is 6.10 Å². The molecule has 0 aromatic carbocycles. The highest BCUT2D eigenvalue weighted by atomic mass is 16.3. The van der Waals surface area contributed by atoms with Crippen molar-refractivity contribution in [1.82, 2.24) is 19.4 Å². The molecule has 0 radical (unpaired) electrons. The van der Waals surface area contributed by atoms with Gasteiger partial charge in [0.15, 0.2) is 0 Å². The van der Waals surface area contributed by atoms with Crippen LogP contribution in [0.15, 0.2) is 42.9 Å². The van der Waals surface area contributed by atoms with Crippen LogP contribution in [0.4, 0.5) is 0 Å². The molecule has 0 aliphatic heterocycles. The molecule has 0 aliphatic rings. The fourth-order valence-corrected chi connectivity index (χ4v) is 1.98. The van der Waals surface area contributed by atoms with Gasteiger partial charge in [0.05, 0.1) is 17.4 Å². The second kappa shape index (κ2) is 3.71. The number of nitrogens with zero attached hydrogens (tertiary/aromatic N) is 4. The van der Waals surface area contributed by atoms with Crippen molar-refractivity contribution in [2.45, 2.75) is 6.10 Å². The van der Waals surface area contributed by atoms with Gasteiger partial charge in [0.1, 0.15) is 6.10 Å². The molecule has 3 aromatic heterocycles. The van der Waals surface area contributed by atoms with Crippen LogP contribution >= 0.6 is 0 Å². The van der Waals surface area contributed by atoms with Crippen molar-refractivity contribution in [3.63, 3.8) is 0 Å². The molecule has 0 spiro atoms. The van der Waals surface area contributed by atoms with Crippen LogP contribution in [0, 0.1) is 0 Å². The van der Waals surface area contributed by atoms with Crippen molar-refractivity contribution >= 4 is 5.52 Å². The lowest BCUT2D eigenvalue weighted by atomic mass is 10.1. The summed E-state index contributed by atoms with van der Waals surface area (Å²) in [5.74, 6) is 0. The zero-order valence-electron chi connectivity index (χ0n) is 9.35. The highest BCUT2D eigenvalue weighted by Gasteiger charge is 2.17. The molecule has 0 bridgehead atoms. The third-order valence-corrected chi connectivity index (χ3v) is 2.89. The van der Waals surface area contributed by atoms with Crippen LogP contribution in [0.3, 0.4) is 0 Å². The molecular formula is C12H12N4O. The monoisotopic (exact) mass is 228 g/mol. The molecular weight excluding hydrogens is 216 g/mol. The molecule has 0 saturated heterocycles. The Balaban J connectivity index is 2.13. The van der Waals surface area contributed by atoms with Crippen LogP contribution in [0.2, 0.25) is 0 Å². The van der Waals surface area contributed by atoms with Gasteiger partial charge in [-0.05, 0) is 18.2 Å². The van der Waals surface area contributed by atoms with Gasteiger partial charge < -0.3 is 5.11 Å². The Bertz CT molecular complexity index is 655. The maximum Gasteiger partial charge on any atom is 0.124 e. The van der Waals surface area contributed by atoms with E-state index in [1.54, 1.807) is 27.7 Å². The first-order chi connectivity index (χ1) is 8.27. The molecule has 1 N–H and O–H groups in total. The molecule has 3 heterocycles. The van der Waals surface area contributed by atoms with E-state index in [2.05, 4.69) is 10.2 Å². The molecule has 0 fully saturated rings. The molecule has 17 heavy (non-hydrogen) atoms. The minimum atomic E-state index is -0.706. The van der Waals surface area contributed by atoms with E-state index in [1.165, 1.54) is 0 Å². The number of aromatic nitrogens is 4. The van der Waals surface area contributed by atoms with Crippen molar-refractivity contribution < 1.29 is 5.11 Å². The summed E-state index contributed by atoms with van der Waals surface area (Å²) < 4.78 is 3.41. The number of hydrogen-bond acceptors (Lipinski definition) is 3. The Hall–Kier alpha value is -2.14. The van der Waals surface area contributed by atoms with E-state index in [0.717, 1.165) is 16.8 Å². The Morgan fingerprint density at radius 2 is 2.12 bits per heavy atom. The molecule has 0 aliphatic carbocycles. The Kier molecular flexibility index (Phi) is 2.19. The first-order valence-electron chi connectivity index (χ1n) is 5.35. The average molecular weight is 228 g/mol. The minimum absolute atomic E-state index is 0.706. The van der Waals surface area contributed by atoms with Crippen LogP contribution < -0.4 is 0 Å². The third-order valence-electron chi connectivity index (χ3n) is 2.89. The van der Waals surface area contributed by atoms with Crippen molar-refractivity contribution in [3.8, 4) is 0 Å². The van der Waals surface area contributed by atoms with Gasteiger partial charge in [-0.2, -0.15) is 10.2 Å². The smallest absolute Gasteiger partial charge is 0.124 e. The van der Waals surface area contributed by atoms with E-state index in [1.807, 2.05) is 31.4 Å². The Labute approximate surface area is 97.9 Å². The number of hydrogen-bond donors (Lipinski definition) is 1. The maximum atomic E-state index is 10.3. The van der Waals surface area contributed by atoms with Crippen LogP contribution in [-0.2, 0) is 7.05 Å². The second-order valence-corrected chi connectivity index (χ2v) is 3.91. The van der Waals surface area contributed by atoms with Crippen molar-refractivity contribution in [1.29, 1.82) is 0 Å². The third kappa shape index (κ3) is 1.52. The average Bonchev–Trinajstić information content (AvgIpc) is 2.94. The van der Waals surface area contributed by atoms with E-state index in [4.69, 9.17) is 0 Å². The largest absolute Gasteiger partial charge is 0.382 e. The van der Waals surface area contributed by atoms with Crippen LogP contribution in [0.5, 0.6) is 0 Å². The van der Waals surface area contributed by atoms with Gasteiger partial charge in [-0.15, -0.1) is 0 Å². The number of rotatable bonds is 2. The summed E-state index contributed by atoms with van der Waals surface area (Å²) in [7, 11) is 1.81. The highest BCUT2D eigenvalue weighted by Crippen LogP contribution is 2.24. The van der Waals surface area contributed by atoms with Gasteiger partial charge in [-0.25, -0.2) is 4.52 Å². The minimum Gasteiger partial charge on any atom is -0.382 e.